The molecule has 2 aliphatic rings. The first-order chi connectivity index (χ1) is 17.9. The number of nitrogens with zero attached hydrogens (tertiary/aromatic N) is 1. The van der Waals surface area contributed by atoms with E-state index in [1.165, 1.54) is 12.1 Å². The molecule has 3 aromatic carbocycles. The third-order valence-electron chi connectivity index (χ3n) is 6.10. The Hall–Kier alpha value is -3.85. The van der Waals surface area contributed by atoms with Gasteiger partial charge in [0.2, 0.25) is 0 Å². The van der Waals surface area contributed by atoms with Gasteiger partial charge in [-0.15, -0.1) is 0 Å². The molecule has 2 N–H and O–H groups in total. The molecule has 9 heteroatoms. The van der Waals surface area contributed by atoms with Gasteiger partial charge in [-0.1, -0.05) is 0 Å². The zero-order chi connectivity index (χ0) is 26.4. The van der Waals surface area contributed by atoms with E-state index in [9.17, 15) is 8.78 Å². The maximum atomic E-state index is 13.8. The van der Waals surface area contributed by atoms with Crippen LogP contribution in [0.3, 0.4) is 0 Å². The molecule has 2 atom stereocenters. The number of hydrogen-bond acceptors (Lipinski definition) is 7. The normalized spacial score (nSPS) is 17.9. The summed E-state index contributed by atoms with van der Waals surface area (Å²) in [6.45, 7) is 0.709. The highest BCUT2D eigenvalue weighted by molar-refractivity contribution is 5.80. The second-order valence-electron chi connectivity index (χ2n) is 8.61. The van der Waals surface area contributed by atoms with Gasteiger partial charge in [-0.3, -0.25) is 4.99 Å². The van der Waals surface area contributed by atoms with Crippen molar-refractivity contribution in [3.63, 3.8) is 0 Å². The number of nitrogens with two attached hydrogens (primary N) is 1. The summed E-state index contributed by atoms with van der Waals surface area (Å²) in [5.74, 6) is 1.91. The van der Waals surface area contributed by atoms with Crippen LogP contribution in [0.4, 0.5) is 8.78 Å². The summed E-state index contributed by atoms with van der Waals surface area (Å²) < 4.78 is 53.4. The van der Waals surface area contributed by atoms with E-state index < -0.39 is 0 Å². The molecule has 5 rings (SSSR count). The summed E-state index contributed by atoms with van der Waals surface area (Å²) in [4.78, 5) is 4.54. The lowest BCUT2D eigenvalue weighted by atomic mass is 10.0. The van der Waals surface area contributed by atoms with Crippen LogP contribution in [0, 0.1) is 11.6 Å². The summed E-state index contributed by atoms with van der Waals surface area (Å²) in [5.41, 5.74) is 8.16. The molecular weight excluding hydrogens is 482 g/mol. The van der Waals surface area contributed by atoms with Crippen molar-refractivity contribution in [3.05, 3.63) is 76.9 Å². The van der Waals surface area contributed by atoms with E-state index in [4.69, 9.17) is 29.4 Å². The average Bonchev–Trinajstić information content (AvgIpc) is 2.93. The Morgan fingerprint density at radius 3 is 1.92 bits per heavy atom. The van der Waals surface area contributed by atoms with Crippen LogP contribution in [0.1, 0.15) is 16.7 Å². The molecule has 2 aliphatic heterocycles. The van der Waals surface area contributed by atoms with Crippen molar-refractivity contribution in [2.75, 3.05) is 34.5 Å². The largest absolute Gasteiger partial charge is 0.497 e. The third kappa shape index (κ3) is 6.11. The van der Waals surface area contributed by atoms with Crippen LogP contribution in [0.25, 0.3) is 0 Å². The molecule has 0 amide bonds. The topological polar surface area (TPSA) is 84.5 Å². The lowest BCUT2D eigenvalue weighted by Gasteiger charge is -2.24. The van der Waals surface area contributed by atoms with E-state index >= 15 is 0 Å². The van der Waals surface area contributed by atoms with Crippen LogP contribution < -0.4 is 29.4 Å². The van der Waals surface area contributed by atoms with Crippen molar-refractivity contribution >= 4 is 6.21 Å². The molecule has 0 radical (unpaired) electrons. The molecule has 0 aromatic heterocycles. The fourth-order valence-corrected chi connectivity index (χ4v) is 4.21. The number of benzene rings is 3. The molecule has 3 aromatic rings. The Labute approximate surface area is 214 Å². The van der Waals surface area contributed by atoms with Crippen LogP contribution in [-0.4, -0.2) is 52.8 Å². The van der Waals surface area contributed by atoms with Gasteiger partial charge in [0.1, 0.15) is 30.5 Å². The van der Waals surface area contributed by atoms with Crippen molar-refractivity contribution in [3.8, 4) is 28.7 Å². The Bertz CT molecular complexity index is 1250. The summed E-state index contributed by atoms with van der Waals surface area (Å²) in [6, 6.07) is 13.4. The predicted molar refractivity (Wildman–Crippen MR) is 137 cm³/mol. The molecule has 0 saturated heterocycles. The molecule has 0 fully saturated rings. The number of methoxy groups -OCH3 is 3. The van der Waals surface area contributed by atoms with Crippen molar-refractivity contribution in [2.45, 2.75) is 24.9 Å². The summed E-state index contributed by atoms with van der Waals surface area (Å²) >= 11 is 0. The molecule has 196 valence electrons. The van der Waals surface area contributed by atoms with Gasteiger partial charge in [-0.2, -0.15) is 0 Å². The zero-order valence-corrected chi connectivity index (χ0v) is 21.0. The Morgan fingerprint density at radius 2 is 1.35 bits per heavy atom. The van der Waals surface area contributed by atoms with Crippen molar-refractivity contribution in [1.82, 2.24) is 0 Å². The SMILES string of the molecule is COc1ccc(C=N[C@H]2COc3c(F)ccc(OC)c3C2)cc1.COc1ccc(F)c2c1C[C@@H](N)CO2. The van der Waals surface area contributed by atoms with E-state index in [0.29, 0.717) is 37.6 Å². The minimum absolute atomic E-state index is 0.0692. The van der Waals surface area contributed by atoms with Gasteiger partial charge in [0, 0.05) is 29.8 Å². The first-order valence-electron chi connectivity index (χ1n) is 11.8. The van der Waals surface area contributed by atoms with E-state index in [1.807, 2.05) is 24.3 Å². The van der Waals surface area contributed by atoms with Gasteiger partial charge in [0.15, 0.2) is 23.1 Å². The maximum Gasteiger partial charge on any atom is 0.165 e. The summed E-state index contributed by atoms with van der Waals surface area (Å²) in [7, 11) is 4.75. The monoisotopic (exact) mass is 512 g/mol. The van der Waals surface area contributed by atoms with Crippen LogP contribution >= 0.6 is 0 Å². The van der Waals surface area contributed by atoms with E-state index in [1.54, 1.807) is 39.7 Å². The molecule has 0 aliphatic carbocycles. The highest BCUT2D eigenvalue weighted by Gasteiger charge is 2.25. The number of rotatable bonds is 5. The van der Waals surface area contributed by atoms with E-state index in [-0.39, 0.29) is 35.2 Å². The summed E-state index contributed by atoms with van der Waals surface area (Å²) in [5, 5.41) is 0. The van der Waals surface area contributed by atoms with Crippen LogP contribution in [0.15, 0.2) is 53.5 Å². The lowest BCUT2D eigenvalue weighted by Crippen LogP contribution is -2.34. The first kappa shape index (κ1) is 26.2. The highest BCUT2D eigenvalue weighted by Crippen LogP contribution is 2.36. The van der Waals surface area contributed by atoms with E-state index in [0.717, 1.165) is 22.4 Å². The smallest absolute Gasteiger partial charge is 0.165 e. The minimum Gasteiger partial charge on any atom is -0.497 e. The molecule has 37 heavy (non-hydrogen) atoms. The predicted octanol–water partition coefficient (Wildman–Crippen LogP) is 4.36. The lowest BCUT2D eigenvalue weighted by molar-refractivity contribution is 0.246. The van der Waals surface area contributed by atoms with Gasteiger partial charge in [-0.25, -0.2) is 8.78 Å². The Morgan fingerprint density at radius 1 is 0.784 bits per heavy atom. The van der Waals surface area contributed by atoms with E-state index in [2.05, 4.69) is 4.99 Å². The molecule has 2 heterocycles. The maximum absolute atomic E-state index is 13.8. The van der Waals surface area contributed by atoms with Crippen molar-refractivity contribution in [2.24, 2.45) is 10.7 Å². The molecular formula is C28H30F2N2O5. The molecule has 7 nitrogen and oxygen atoms in total. The van der Waals surface area contributed by atoms with Crippen molar-refractivity contribution in [1.29, 1.82) is 0 Å². The number of ether oxygens (including phenoxy) is 5. The Balaban J connectivity index is 0.000000195. The highest BCUT2D eigenvalue weighted by atomic mass is 19.1. The second-order valence-corrected chi connectivity index (χ2v) is 8.61. The van der Waals surface area contributed by atoms with Crippen LogP contribution in [0.2, 0.25) is 0 Å². The molecule has 0 spiro atoms. The zero-order valence-electron chi connectivity index (χ0n) is 21.0. The quantitative estimate of drug-likeness (QED) is 0.512. The number of aliphatic imine (C=N–C) groups is 1. The van der Waals surface area contributed by atoms with Gasteiger partial charge in [0.25, 0.3) is 0 Å². The average molecular weight is 513 g/mol. The fourth-order valence-electron chi connectivity index (χ4n) is 4.21. The van der Waals surface area contributed by atoms with Crippen LogP contribution in [0.5, 0.6) is 28.7 Å². The third-order valence-corrected chi connectivity index (χ3v) is 6.10. The fraction of sp³-hybridized carbons (Fsp3) is 0.321. The van der Waals surface area contributed by atoms with Gasteiger partial charge < -0.3 is 29.4 Å². The first-order valence-corrected chi connectivity index (χ1v) is 11.8. The van der Waals surface area contributed by atoms with Gasteiger partial charge >= 0.3 is 0 Å². The van der Waals surface area contributed by atoms with Crippen LogP contribution in [-0.2, 0) is 12.8 Å². The number of halogens is 2. The standard InChI is InChI=1S/C18H18FNO3.C10H12FNO2/c1-21-14-5-3-12(4-6-14)10-20-13-9-15-17(22-2)8-7-16(19)18(15)23-11-13;1-13-9-3-2-8(11)10-7(9)4-6(12)5-14-10/h3-8,10,13H,9,11H2,1-2H3;2-3,6H,4-5,12H2,1H3/t13-;6-/m11/s1. The Kier molecular flexibility index (Phi) is 8.45. The molecule has 0 saturated carbocycles. The van der Waals surface area contributed by atoms with Crippen molar-refractivity contribution < 1.29 is 32.5 Å². The second kappa shape index (κ2) is 11.9. The minimum atomic E-state index is -0.363. The molecule has 0 unspecified atom stereocenters. The molecule has 0 bridgehead atoms. The van der Waals surface area contributed by atoms with Gasteiger partial charge in [0.05, 0.1) is 27.4 Å². The summed E-state index contributed by atoms with van der Waals surface area (Å²) in [6.07, 6.45) is 2.98. The number of fused-ring (bicyclic) bond motifs is 2. The van der Waals surface area contributed by atoms with Gasteiger partial charge in [-0.05, 0) is 60.5 Å². The number of hydrogen-bond donors (Lipinski definition) is 1.